The van der Waals surface area contributed by atoms with Gasteiger partial charge >= 0.3 is 5.97 Å². The van der Waals surface area contributed by atoms with Gasteiger partial charge in [0.2, 0.25) is 0 Å². The lowest BCUT2D eigenvalue weighted by atomic mass is 9.91. The highest BCUT2D eigenvalue weighted by Gasteiger charge is 2.23. The van der Waals surface area contributed by atoms with Crippen LogP contribution in [0.25, 0.3) is 0 Å². The number of carboxylic acids is 1. The van der Waals surface area contributed by atoms with Gasteiger partial charge in [0, 0.05) is 18.0 Å². The molecule has 0 radical (unpaired) electrons. The zero-order valence-corrected chi connectivity index (χ0v) is 9.71. The summed E-state index contributed by atoms with van der Waals surface area (Å²) in [4.78, 5) is 10.6. The monoisotopic (exact) mass is 243 g/mol. The molecule has 0 saturated carbocycles. The van der Waals surface area contributed by atoms with Gasteiger partial charge in [0.15, 0.2) is 0 Å². The van der Waals surface area contributed by atoms with E-state index in [1.807, 2.05) is 0 Å². The number of carbonyl (C=O) groups is 1. The molecule has 94 valence electrons. The number of aliphatic carboxylic acids is 1. The first-order valence-electron chi connectivity index (χ1n) is 5.29. The SMILES string of the molecule is CNC(c1cc(F)ccc1F)C(C)CC(=O)O. The Morgan fingerprint density at radius 3 is 2.65 bits per heavy atom. The predicted octanol–water partition coefficient (Wildman–Crippen LogP) is 2.34. The Hall–Kier alpha value is -1.49. The Kier molecular flexibility index (Phi) is 4.57. The van der Waals surface area contributed by atoms with E-state index in [1.54, 1.807) is 14.0 Å². The predicted molar refractivity (Wildman–Crippen MR) is 59.6 cm³/mol. The topological polar surface area (TPSA) is 49.3 Å². The Morgan fingerprint density at radius 2 is 2.12 bits per heavy atom. The van der Waals surface area contributed by atoms with Crippen LogP contribution in [0, 0.1) is 17.6 Å². The number of benzene rings is 1. The van der Waals surface area contributed by atoms with E-state index in [9.17, 15) is 13.6 Å². The second-order valence-electron chi connectivity index (χ2n) is 4.01. The van der Waals surface area contributed by atoms with E-state index < -0.39 is 23.6 Å². The third-order valence-corrected chi connectivity index (χ3v) is 2.67. The summed E-state index contributed by atoms with van der Waals surface area (Å²) in [6.45, 7) is 1.68. The first-order chi connectivity index (χ1) is 7.95. The van der Waals surface area contributed by atoms with Crippen LogP contribution >= 0.6 is 0 Å². The summed E-state index contributed by atoms with van der Waals surface area (Å²) in [6, 6.07) is 2.65. The largest absolute Gasteiger partial charge is 0.481 e. The number of hydrogen-bond donors (Lipinski definition) is 2. The molecule has 0 spiro atoms. The van der Waals surface area contributed by atoms with Crippen molar-refractivity contribution in [1.29, 1.82) is 0 Å². The minimum Gasteiger partial charge on any atom is -0.481 e. The molecule has 1 aromatic carbocycles. The van der Waals surface area contributed by atoms with Crippen LogP contribution in [0.2, 0.25) is 0 Å². The van der Waals surface area contributed by atoms with Gasteiger partial charge in [-0.3, -0.25) is 4.79 Å². The Labute approximate surface area is 98.5 Å². The lowest BCUT2D eigenvalue weighted by Gasteiger charge is -2.23. The first kappa shape index (κ1) is 13.6. The highest BCUT2D eigenvalue weighted by atomic mass is 19.1. The highest BCUT2D eigenvalue weighted by Crippen LogP contribution is 2.26. The van der Waals surface area contributed by atoms with Crippen LogP contribution in [0.3, 0.4) is 0 Å². The van der Waals surface area contributed by atoms with Gasteiger partial charge in [-0.05, 0) is 31.2 Å². The van der Waals surface area contributed by atoms with Crippen molar-refractivity contribution in [3.05, 3.63) is 35.4 Å². The van der Waals surface area contributed by atoms with Crippen molar-refractivity contribution in [3.63, 3.8) is 0 Å². The maximum Gasteiger partial charge on any atom is 0.303 e. The van der Waals surface area contributed by atoms with Crippen molar-refractivity contribution in [1.82, 2.24) is 5.32 Å². The average molecular weight is 243 g/mol. The molecule has 2 unspecified atom stereocenters. The number of rotatable bonds is 5. The van der Waals surface area contributed by atoms with Crippen molar-refractivity contribution < 1.29 is 18.7 Å². The van der Waals surface area contributed by atoms with Gasteiger partial charge in [-0.25, -0.2) is 8.78 Å². The molecule has 0 bridgehead atoms. The Bertz CT molecular complexity index is 409. The van der Waals surface area contributed by atoms with E-state index in [0.717, 1.165) is 18.2 Å². The molecule has 0 aliphatic carbocycles. The van der Waals surface area contributed by atoms with Crippen LogP contribution in [0.15, 0.2) is 18.2 Å². The molecule has 3 nitrogen and oxygen atoms in total. The zero-order chi connectivity index (χ0) is 13.0. The second kappa shape index (κ2) is 5.72. The lowest BCUT2D eigenvalue weighted by Crippen LogP contribution is -2.26. The van der Waals surface area contributed by atoms with Gasteiger partial charge in [-0.2, -0.15) is 0 Å². The first-order valence-corrected chi connectivity index (χ1v) is 5.29. The molecular formula is C12H15F2NO2. The van der Waals surface area contributed by atoms with Gasteiger partial charge in [0.1, 0.15) is 11.6 Å². The fourth-order valence-electron chi connectivity index (χ4n) is 1.89. The fourth-order valence-corrected chi connectivity index (χ4v) is 1.89. The van der Waals surface area contributed by atoms with E-state index >= 15 is 0 Å². The minimum absolute atomic E-state index is 0.110. The quantitative estimate of drug-likeness (QED) is 0.834. The highest BCUT2D eigenvalue weighted by molar-refractivity contribution is 5.67. The molecule has 0 aliphatic heterocycles. The van der Waals surface area contributed by atoms with E-state index in [1.165, 1.54) is 0 Å². The van der Waals surface area contributed by atoms with Gasteiger partial charge in [0.05, 0.1) is 0 Å². The molecule has 0 amide bonds. The molecule has 0 fully saturated rings. The second-order valence-corrected chi connectivity index (χ2v) is 4.01. The van der Waals surface area contributed by atoms with Crippen molar-refractivity contribution >= 4 is 5.97 Å². The lowest BCUT2D eigenvalue weighted by molar-refractivity contribution is -0.138. The number of carboxylic acid groups (broad SMARTS) is 1. The summed E-state index contributed by atoms with van der Waals surface area (Å²) < 4.78 is 26.6. The normalized spacial score (nSPS) is 14.4. The maximum absolute atomic E-state index is 13.6. The van der Waals surface area contributed by atoms with Crippen molar-refractivity contribution in [2.45, 2.75) is 19.4 Å². The summed E-state index contributed by atoms with van der Waals surface area (Å²) in [5.74, 6) is -2.38. The summed E-state index contributed by atoms with van der Waals surface area (Å²) in [7, 11) is 1.59. The molecule has 2 atom stereocenters. The van der Waals surface area contributed by atoms with Crippen molar-refractivity contribution in [3.8, 4) is 0 Å². The van der Waals surface area contributed by atoms with E-state index in [-0.39, 0.29) is 17.9 Å². The molecule has 17 heavy (non-hydrogen) atoms. The molecule has 0 aliphatic rings. The van der Waals surface area contributed by atoms with Crippen LogP contribution in [0.5, 0.6) is 0 Å². The van der Waals surface area contributed by atoms with Gasteiger partial charge in [-0.1, -0.05) is 6.92 Å². The zero-order valence-electron chi connectivity index (χ0n) is 9.71. The van der Waals surface area contributed by atoms with Crippen LogP contribution in [-0.4, -0.2) is 18.1 Å². The fraction of sp³-hybridized carbons (Fsp3) is 0.417. The molecule has 0 saturated heterocycles. The third-order valence-electron chi connectivity index (χ3n) is 2.67. The molecule has 5 heteroatoms. The average Bonchev–Trinajstić information content (AvgIpc) is 2.23. The Balaban J connectivity index is 3.00. The number of nitrogens with one attached hydrogen (secondary N) is 1. The van der Waals surface area contributed by atoms with Crippen molar-refractivity contribution in [2.24, 2.45) is 5.92 Å². The summed E-state index contributed by atoms with van der Waals surface area (Å²) in [6.07, 6.45) is -0.110. The van der Waals surface area contributed by atoms with Crippen LogP contribution in [0.4, 0.5) is 8.78 Å². The van der Waals surface area contributed by atoms with Gasteiger partial charge in [0.25, 0.3) is 0 Å². The molecule has 1 aromatic rings. The minimum atomic E-state index is -0.963. The number of halogens is 2. The maximum atomic E-state index is 13.6. The molecule has 2 N–H and O–H groups in total. The smallest absolute Gasteiger partial charge is 0.303 e. The van der Waals surface area contributed by atoms with Crippen LogP contribution < -0.4 is 5.32 Å². The van der Waals surface area contributed by atoms with Crippen molar-refractivity contribution in [2.75, 3.05) is 7.05 Å². The molecule has 1 rings (SSSR count). The summed E-state index contributed by atoms with van der Waals surface area (Å²) in [5.41, 5.74) is 0.154. The molecule has 0 aromatic heterocycles. The summed E-state index contributed by atoms with van der Waals surface area (Å²) >= 11 is 0. The standard InChI is InChI=1S/C12H15F2NO2/c1-7(5-11(16)17)12(15-2)9-6-8(13)3-4-10(9)14/h3-4,6-7,12,15H,5H2,1-2H3,(H,16,17). The van der Waals surface area contributed by atoms with E-state index in [4.69, 9.17) is 5.11 Å². The Morgan fingerprint density at radius 1 is 1.47 bits per heavy atom. The van der Waals surface area contributed by atoms with Gasteiger partial charge < -0.3 is 10.4 Å². The van der Waals surface area contributed by atoms with E-state index in [0.29, 0.717) is 0 Å². The molecular weight excluding hydrogens is 228 g/mol. The van der Waals surface area contributed by atoms with Crippen LogP contribution in [-0.2, 0) is 4.79 Å². The molecule has 0 heterocycles. The van der Waals surface area contributed by atoms with Gasteiger partial charge in [-0.15, -0.1) is 0 Å². The van der Waals surface area contributed by atoms with E-state index in [2.05, 4.69) is 5.32 Å². The third kappa shape index (κ3) is 3.49. The number of hydrogen-bond acceptors (Lipinski definition) is 2. The van der Waals surface area contributed by atoms with Crippen LogP contribution in [0.1, 0.15) is 24.9 Å². The summed E-state index contributed by atoms with van der Waals surface area (Å²) in [5, 5.41) is 11.5.